The zero-order chi connectivity index (χ0) is 7.68. The standard InChI is InChI=1S/C11H9/c1-9-4-2-5-10-6-3-7-11(10)8-9/h1-5,7-8H,6H2/q+1. The van der Waals surface area contributed by atoms with E-state index in [1.807, 2.05) is 18.2 Å². The molecule has 0 atom stereocenters. The van der Waals surface area contributed by atoms with Crippen molar-refractivity contribution in [2.24, 2.45) is 0 Å². The second-order valence-electron chi connectivity index (χ2n) is 2.76. The van der Waals surface area contributed by atoms with E-state index in [0.717, 1.165) is 12.0 Å². The fraction of sp³-hybridized carbons (Fsp3) is 0.0909. The molecule has 0 aliphatic heterocycles. The van der Waals surface area contributed by atoms with Gasteiger partial charge in [-0.1, -0.05) is 6.08 Å². The Morgan fingerprint density at radius 3 is 3.09 bits per heavy atom. The van der Waals surface area contributed by atoms with Crippen LogP contribution in [0.1, 0.15) is 6.42 Å². The number of rotatable bonds is 0. The van der Waals surface area contributed by atoms with E-state index in [2.05, 4.69) is 18.2 Å². The maximum absolute atomic E-state index is 5.68. The summed E-state index contributed by atoms with van der Waals surface area (Å²) in [4.78, 5) is 0. The van der Waals surface area contributed by atoms with Crippen LogP contribution in [0.25, 0.3) is 0 Å². The highest BCUT2D eigenvalue weighted by Gasteiger charge is 2.12. The van der Waals surface area contributed by atoms with Crippen molar-refractivity contribution >= 4 is 0 Å². The van der Waals surface area contributed by atoms with Crippen LogP contribution >= 0.6 is 0 Å². The van der Waals surface area contributed by atoms with Crippen LogP contribution in [-0.4, -0.2) is 0 Å². The van der Waals surface area contributed by atoms with Crippen molar-refractivity contribution in [3.05, 3.63) is 59.8 Å². The summed E-state index contributed by atoms with van der Waals surface area (Å²) in [6.45, 7) is 5.68. The lowest BCUT2D eigenvalue weighted by Gasteiger charge is -1.91. The quantitative estimate of drug-likeness (QED) is 0.455. The third kappa shape index (κ3) is 1.09. The summed E-state index contributed by atoms with van der Waals surface area (Å²) in [6, 6.07) is 0. The van der Waals surface area contributed by atoms with Gasteiger partial charge in [0.1, 0.15) is 0 Å². The van der Waals surface area contributed by atoms with Crippen LogP contribution in [0.4, 0.5) is 0 Å². The number of fused-ring (bicyclic) bond motifs is 1. The Morgan fingerprint density at radius 2 is 2.18 bits per heavy atom. The van der Waals surface area contributed by atoms with Gasteiger partial charge in [-0.25, -0.2) is 0 Å². The first-order valence-corrected chi connectivity index (χ1v) is 3.74. The van der Waals surface area contributed by atoms with Crippen LogP contribution in [0, 0.1) is 6.58 Å². The van der Waals surface area contributed by atoms with Crippen LogP contribution in [-0.2, 0) is 0 Å². The molecule has 0 bridgehead atoms. The van der Waals surface area contributed by atoms with Gasteiger partial charge in [0, 0.05) is 12.2 Å². The van der Waals surface area contributed by atoms with Crippen LogP contribution < -0.4 is 0 Å². The van der Waals surface area contributed by atoms with Crippen molar-refractivity contribution in [3.63, 3.8) is 0 Å². The zero-order valence-corrected chi connectivity index (χ0v) is 6.25. The van der Waals surface area contributed by atoms with Gasteiger partial charge in [-0.15, -0.1) is 0 Å². The van der Waals surface area contributed by atoms with Crippen molar-refractivity contribution in [3.8, 4) is 0 Å². The lowest BCUT2D eigenvalue weighted by molar-refractivity contribution is 1.32. The van der Waals surface area contributed by atoms with Gasteiger partial charge in [-0.05, 0) is 30.2 Å². The Morgan fingerprint density at radius 1 is 1.27 bits per heavy atom. The van der Waals surface area contributed by atoms with Crippen LogP contribution in [0.5, 0.6) is 0 Å². The minimum Gasteiger partial charge on any atom is -0.0783 e. The minimum atomic E-state index is 0.831. The van der Waals surface area contributed by atoms with E-state index in [1.54, 1.807) is 0 Å². The zero-order valence-electron chi connectivity index (χ0n) is 6.25. The maximum atomic E-state index is 5.68. The van der Waals surface area contributed by atoms with E-state index in [0.29, 0.717) is 0 Å². The largest absolute Gasteiger partial charge is 0.181 e. The molecule has 2 aliphatic rings. The second-order valence-corrected chi connectivity index (χ2v) is 2.76. The lowest BCUT2D eigenvalue weighted by atomic mass is 10.1. The average Bonchev–Trinajstić information content (AvgIpc) is 2.31. The van der Waals surface area contributed by atoms with Crippen LogP contribution in [0.15, 0.2) is 53.2 Å². The van der Waals surface area contributed by atoms with E-state index < -0.39 is 0 Å². The third-order valence-electron chi connectivity index (χ3n) is 1.91. The van der Waals surface area contributed by atoms with Gasteiger partial charge in [0.2, 0.25) is 0 Å². The Labute approximate surface area is 66.9 Å². The first kappa shape index (κ1) is 6.33. The van der Waals surface area contributed by atoms with E-state index in [9.17, 15) is 0 Å². The smallest absolute Gasteiger partial charge is 0.0783 e. The summed E-state index contributed by atoms with van der Waals surface area (Å²) in [6.07, 6.45) is 13.4. The van der Waals surface area contributed by atoms with Crippen LogP contribution in [0.3, 0.4) is 0 Å². The molecule has 0 aromatic rings. The molecule has 0 N–H and O–H groups in total. The normalized spacial score (nSPS) is 20.8. The van der Waals surface area contributed by atoms with Gasteiger partial charge in [0.15, 0.2) is 5.57 Å². The third-order valence-corrected chi connectivity index (χ3v) is 1.91. The Hall–Kier alpha value is -1.39. The van der Waals surface area contributed by atoms with Gasteiger partial charge in [-0.3, -0.25) is 0 Å². The fourth-order valence-corrected chi connectivity index (χ4v) is 1.35. The van der Waals surface area contributed by atoms with E-state index in [-0.39, 0.29) is 0 Å². The summed E-state index contributed by atoms with van der Waals surface area (Å²) in [5.41, 5.74) is 3.45. The van der Waals surface area contributed by atoms with Crippen molar-refractivity contribution < 1.29 is 0 Å². The van der Waals surface area contributed by atoms with E-state index >= 15 is 0 Å². The number of hydrogen-bond donors (Lipinski definition) is 0. The number of hydrogen-bond acceptors (Lipinski definition) is 0. The molecule has 0 radical (unpaired) electrons. The minimum absolute atomic E-state index is 0.831. The molecule has 0 saturated carbocycles. The summed E-state index contributed by atoms with van der Waals surface area (Å²) < 4.78 is 0. The topological polar surface area (TPSA) is 0 Å². The summed E-state index contributed by atoms with van der Waals surface area (Å²) >= 11 is 0. The highest BCUT2D eigenvalue weighted by Crippen LogP contribution is 2.26. The molecular weight excluding hydrogens is 132 g/mol. The predicted molar refractivity (Wildman–Crippen MR) is 46.9 cm³/mol. The molecule has 0 fully saturated rings. The molecule has 0 spiro atoms. The molecular formula is C11H9+. The second kappa shape index (κ2) is 2.34. The maximum Gasteiger partial charge on any atom is 0.181 e. The molecule has 0 saturated heterocycles. The number of allylic oxidation sites excluding steroid dienone is 9. The highest BCUT2D eigenvalue weighted by molar-refractivity contribution is 5.54. The predicted octanol–water partition coefficient (Wildman–Crippen LogP) is 2.73. The summed E-state index contributed by atoms with van der Waals surface area (Å²) in [5, 5.41) is 0. The summed E-state index contributed by atoms with van der Waals surface area (Å²) in [7, 11) is 0. The van der Waals surface area contributed by atoms with Crippen molar-refractivity contribution in [2.75, 3.05) is 0 Å². The average molecular weight is 141 g/mol. The molecule has 2 aliphatic carbocycles. The van der Waals surface area contributed by atoms with Crippen molar-refractivity contribution in [1.82, 2.24) is 0 Å². The lowest BCUT2D eigenvalue weighted by Crippen LogP contribution is -1.76. The molecule has 0 heterocycles. The first-order chi connectivity index (χ1) is 5.36. The van der Waals surface area contributed by atoms with Gasteiger partial charge in [0.25, 0.3) is 0 Å². The Balaban J connectivity index is 2.47. The van der Waals surface area contributed by atoms with E-state index in [4.69, 9.17) is 6.58 Å². The molecule has 2 rings (SSSR count). The molecule has 0 amide bonds. The molecule has 11 heavy (non-hydrogen) atoms. The van der Waals surface area contributed by atoms with Gasteiger partial charge in [-0.2, -0.15) is 0 Å². The van der Waals surface area contributed by atoms with E-state index in [1.165, 1.54) is 11.1 Å². The van der Waals surface area contributed by atoms with Crippen LogP contribution in [0.2, 0.25) is 0 Å². The van der Waals surface area contributed by atoms with Gasteiger partial charge < -0.3 is 0 Å². The molecule has 0 aromatic carbocycles. The SMILES string of the molecule is [CH+]=C1C=CC=C2CC=CC2=C1. The Bertz CT molecular complexity index is 309. The molecule has 0 nitrogen and oxygen atoms in total. The molecule has 52 valence electrons. The Kier molecular flexibility index (Phi) is 1.34. The van der Waals surface area contributed by atoms with Crippen molar-refractivity contribution in [1.29, 1.82) is 0 Å². The first-order valence-electron chi connectivity index (χ1n) is 3.74. The van der Waals surface area contributed by atoms with Crippen molar-refractivity contribution in [2.45, 2.75) is 6.42 Å². The summed E-state index contributed by atoms with van der Waals surface area (Å²) in [5.74, 6) is 0. The monoisotopic (exact) mass is 141 g/mol. The molecule has 0 heteroatoms. The highest BCUT2D eigenvalue weighted by atomic mass is 14.1. The molecule has 0 unspecified atom stereocenters. The van der Waals surface area contributed by atoms with Gasteiger partial charge >= 0.3 is 0 Å². The van der Waals surface area contributed by atoms with Gasteiger partial charge in [0.05, 0.1) is 12.2 Å². The fourth-order valence-electron chi connectivity index (χ4n) is 1.35. The molecule has 0 aromatic heterocycles.